The Morgan fingerprint density at radius 2 is 2.24 bits per heavy atom. The van der Waals surface area contributed by atoms with Gasteiger partial charge in [0.05, 0.1) is 17.5 Å². The molecule has 8 heteroatoms. The number of aliphatic hydroxyl groups is 2. The maximum absolute atomic E-state index is 11.5. The summed E-state index contributed by atoms with van der Waals surface area (Å²) in [7, 11) is 0. The van der Waals surface area contributed by atoms with Gasteiger partial charge in [-0.05, 0) is 0 Å². The molecule has 7 nitrogen and oxygen atoms in total. The number of hydrogen-bond donors (Lipinski definition) is 3. The lowest BCUT2D eigenvalue weighted by Gasteiger charge is -2.16. The molecule has 4 atom stereocenters. The zero-order valence-corrected chi connectivity index (χ0v) is 10.2. The molecule has 0 spiro atoms. The van der Waals surface area contributed by atoms with Crippen molar-refractivity contribution in [1.29, 1.82) is 0 Å². The number of aromatic nitrogens is 2. The third-order valence-corrected chi connectivity index (χ3v) is 3.59. The van der Waals surface area contributed by atoms with E-state index in [1.165, 1.54) is 12.3 Å². The molecule has 3 N–H and O–H groups in total. The molecule has 1 saturated heterocycles. The minimum Gasteiger partial charge on any atom is -0.394 e. The van der Waals surface area contributed by atoms with Crippen molar-refractivity contribution in [1.82, 2.24) is 9.55 Å². The highest BCUT2D eigenvalue weighted by molar-refractivity contribution is 9.09. The van der Waals surface area contributed by atoms with Gasteiger partial charge in [-0.3, -0.25) is 14.3 Å². The van der Waals surface area contributed by atoms with Gasteiger partial charge in [0.1, 0.15) is 6.10 Å². The summed E-state index contributed by atoms with van der Waals surface area (Å²) in [6, 6.07) is 1.18. The molecule has 1 aromatic heterocycles. The first-order valence-corrected chi connectivity index (χ1v) is 5.86. The molecule has 1 aromatic rings. The average Bonchev–Trinajstić information content (AvgIpc) is 2.57. The highest BCUT2D eigenvalue weighted by Crippen LogP contribution is 2.33. The number of aliphatic hydroxyl groups excluding tert-OH is 2. The van der Waals surface area contributed by atoms with E-state index in [0.717, 1.165) is 4.57 Å². The first-order chi connectivity index (χ1) is 8.04. The van der Waals surface area contributed by atoms with Crippen molar-refractivity contribution in [2.75, 3.05) is 6.61 Å². The first-order valence-electron chi connectivity index (χ1n) is 4.94. The second-order valence-corrected chi connectivity index (χ2v) is 4.76. The number of hydrogen-bond acceptors (Lipinski definition) is 5. The van der Waals surface area contributed by atoms with Gasteiger partial charge in [0.2, 0.25) is 0 Å². The lowest BCUT2D eigenvalue weighted by atomic mass is 10.2. The molecule has 17 heavy (non-hydrogen) atoms. The highest BCUT2D eigenvalue weighted by atomic mass is 79.9. The summed E-state index contributed by atoms with van der Waals surface area (Å²) >= 11 is 3.20. The van der Waals surface area contributed by atoms with Gasteiger partial charge >= 0.3 is 5.69 Å². The van der Waals surface area contributed by atoms with Crippen LogP contribution in [0.3, 0.4) is 0 Å². The highest BCUT2D eigenvalue weighted by Gasteiger charge is 2.43. The summed E-state index contributed by atoms with van der Waals surface area (Å²) < 4.78 is 6.49. The van der Waals surface area contributed by atoms with Gasteiger partial charge in [0, 0.05) is 12.3 Å². The molecule has 0 saturated carbocycles. The third-order valence-electron chi connectivity index (χ3n) is 2.60. The number of halogens is 1. The van der Waals surface area contributed by atoms with Gasteiger partial charge < -0.3 is 14.9 Å². The zero-order chi connectivity index (χ0) is 12.6. The SMILES string of the molecule is O=c1ccn([C@@H]2O[C@H](CO)C(O)C2Br)c(=O)[nH]1. The van der Waals surface area contributed by atoms with Crippen molar-refractivity contribution in [3.63, 3.8) is 0 Å². The van der Waals surface area contributed by atoms with Crippen LogP contribution in [0.1, 0.15) is 6.23 Å². The Hall–Kier alpha value is -0.960. The Labute approximate surface area is 104 Å². The third kappa shape index (κ3) is 2.21. The summed E-state index contributed by atoms with van der Waals surface area (Å²) in [5, 5.41) is 18.7. The normalized spacial score (nSPS) is 32.9. The second kappa shape index (κ2) is 4.73. The number of ether oxygens (including phenoxy) is 1. The van der Waals surface area contributed by atoms with E-state index in [9.17, 15) is 14.7 Å². The number of alkyl halides is 1. The molecule has 2 unspecified atom stereocenters. The predicted molar refractivity (Wildman–Crippen MR) is 61.0 cm³/mol. The van der Waals surface area contributed by atoms with E-state index >= 15 is 0 Å². The Morgan fingerprint density at radius 1 is 1.53 bits per heavy atom. The topological polar surface area (TPSA) is 105 Å². The predicted octanol–water partition coefficient (Wildman–Crippen LogP) is -1.45. The van der Waals surface area contributed by atoms with E-state index in [1.807, 2.05) is 0 Å². The largest absolute Gasteiger partial charge is 0.394 e. The standard InChI is InChI=1S/C9H11BrN2O5/c10-6-7(15)4(3-13)17-8(6)12-2-1-5(14)11-9(12)16/h1-2,4,6-8,13,15H,3H2,(H,11,14,16)/t4-,6?,7?,8-/m1/s1. The lowest BCUT2D eigenvalue weighted by molar-refractivity contribution is -0.0456. The Bertz CT molecular complexity index is 513. The zero-order valence-electron chi connectivity index (χ0n) is 8.62. The summed E-state index contributed by atoms with van der Waals surface area (Å²) in [5.74, 6) is 0. The number of rotatable bonds is 2. The molecular formula is C9H11BrN2O5. The minimum absolute atomic E-state index is 0.349. The van der Waals surface area contributed by atoms with Gasteiger partial charge in [0.15, 0.2) is 6.23 Å². The molecule has 0 bridgehead atoms. The maximum Gasteiger partial charge on any atom is 0.330 e. The molecule has 1 fully saturated rings. The number of nitrogens with zero attached hydrogens (tertiary/aromatic N) is 1. The van der Waals surface area contributed by atoms with Crippen LogP contribution in [-0.4, -0.2) is 43.4 Å². The summed E-state index contributed by atoms with van der Waals surface area (Å²) in [6.45, 7) is -0.349. The fraction of sp³-hybridized carbons (Fsp3) is 0.556. The number of nitrogens with one attached hydrogen (secondary N) is 1. The summed E-state index contributed by atoms with van der Waals surface area (Å²) in [6.07, 6.45) is -1.18. The van der Waals surface area contributed by atoms with Crippen LogP contribution in [0.4, 0.5) is 0 Å². The van der Waals surface area contributed by atoms with Crippen LogP contribution in [-0.2, 0) is 4.74 Å². The smallest absolute Gasteiger partial charge is 0.330 e. The Morgan fingerprint density at radius 3 is 2.76 bits per heavy atom. The van der Waals surface area contributed by atoms with Crippen molar-refractivity contribution >= 4 is 15.9 Å². The Balaban J connectivity index is 2.35. The number of aromatic amines is 1. The van der Waals surface area contributed by atoms with Crippen molar-refractivity contribution in [3.8, 4) is 0 Å². The van der Waals surface area contributed by atoms with Crippen LogP contribution >= 0.6 is 15.9 Å². The van der Waals surface area contributed by atoms with Gasteiger partial charge in [-0.25, -0.2) is 4.79 Å². The van der Waals surface area contributed by atoms with Crippen molar-refractivity contribution in [3.05, 3.63) is 33.1 Å². The minimum atomic E-state index is -0.927. The van der Waals surface area contributed by atoms with Gasteiger partial charge in [-0.15, -0.1) is 0 Å². The molecule has 0 aliphatic carbocycles. The second-order valence-electron chi connectivity index (χ2n) is 3.70. The van der Waals surface area contributed by atoms with Crippen LogP contribution in [0.2, 0.25) is 0 Å². The van der Waals surface area contributed by atoms with Crippen LogP contribution in [0.15, 0.2) is 21.9 Å². The Kier molecular flexibility index (Phi) is 3.48. The van der Waals surface area contributed by atoms with Crippen LogP contribution in [0, 0.1) is 0 Å². The van der Waals surface area contributed by atoms with E-state index in [-0.39, 0.29) is 6.61 Å². The molecule has 0 amide bonds. The molecule has 2 rings (SSSR count). The van der Waals surface area contributed by atoms with Gasteiger partial charge in [0.25, 0.3) is 5.56 Å². The van der Waals surface area contributed by atoms with E-state index in [1.54, 1.807) is 0 Å². The quantitative estimate of drug-likeness (QED) is 0.580. The monoisotopic (exact) mass is 306 g/mol. The van der Waals surface area contributed by atoms with E-state index in [2.05, 4.69) is 20.9 Å². The summed E-state index contributed by atoms with van der Waals surface area (Å²) in [5.41, 5.74) is -1.13. The molecule has 1 aliphatic rings. The van der Waals surface area contributed by atoms with E-state index < -0.39 is 34.5 Å². The summed E-state index contributed by atoms with van der Waals surface area (Å²) in [4.78, 5) is 24.0. The average molecular weight is 307 g/mol. The molecule has 0 radical (unpaired) electrons. The molecule has 1 aliphatic heterocycles. The van der Waals surface area contributed by atoms with E-state index in [4.69, 9.17) is 9.84 Å². The molecular weight excluding hydrogens is 296 g/mol. The van der Waals surface area contributed by atoms with Crippen molar-refractivity contribution < 1.29 is 14.9 Å². The molecule has 0 aromatic carbocycles. The number of H-pyrrole nitrogens is 1. The first kappa shape index (κ1) is 12.5. The van der Waals surface area contributed by atoms with Crippen molar-refractivity contribution in [2.45, 2.75) is 23.3 Å². The molecule has 94 valence electrons. The van der Waals surface area contributed by atoms with Gasteiger partial charge in [-0.1, -0.05) is 15.9 Å². The fourth-order valence-electron chi connectivity index (χ4n) is 1.71. The van der Waals surface area contributed by atoms with Crippen LogP contribution < -0.4 is 11.2 Å². The van der Waals surface area contributed by atoms with Crippen LogP contribution in [0.25, 0.3) is 0 Å². The lowest BCUT2D eigenvalue weighted by Crippen LogP contribution is -2.35. The van der Waals surface area contributed by atoms with Crippen molar-refractivity contribution in [2.24, 2.45) is 0 Å². The van der Waals surface area contributed by atoms with Gasteiger partial charge in [-0.2, -0.15) is 0 Å². The van der Waals surface area contributed by atoms with E-state index in [0.29, 0.717) is 0 Å². The van der Waals surface area contributed by atoms with Crippen LogP contribution in [0.5, 0.6) is 0 Å². The fourth-order valence-corrected chi connectivity index (χ4v) is 2.43. The molecule has 2 heterocycles. The maximum atomic E-state index is 11.5.